The molecule has 16 heavy (non-hydrogen) atoms. The van der Waals surface area contributed by atoms with Gasteiger partial charge in [0.25, 0.3) is 0 Å². The minimum atomic E-state index is -0.565. The second-order valence-corrected chi connectivity index (χ2v) is 5.98. The first-order valence-electron chi connectivity index (χ1n) is 5.65. The summed E-state index contributed by atoms with van der Waals surface area (Å²) in [5, 5.41) is 16.6. The largest absolute Gasteiger partial charge is 0.388 e. The molecule has 0 aromatic carbocycles. The Morgan fingerprint density at radius 3 is 2.88 bits per heavy atom. The Kier molecular flexibility index (Phi) is 3.72. The summed E-state index contributed by atoms with van der Waals surface area (Å²) < 4.78 is 0. The molecule has 0 atom stereocenters. The van der Waals surface area contributed by atoms with Gasteiger partial charge in [-0.3, -0.25) is 0 Å². The third kappa shape index (κ3) is 3.09. The van der Waals surface area contributed by atoms with E-state index in [0.29, 0.717) is 11.7 Å². The molecule has 0 bridgehead atoms. The van der Waals surface area contributed by atoms with Crippen molar-refractivity contribution in [1.29, 1.82) is 0 Å². The van der Waals surface area contributed by atoms with Crippen LogP contribution in [0.15, 0.2) is 5.38 Å². The maximum Gasteiger partial charge on any atom is 0.184 e. The van der Waals surface area contributed by atoms with E-state index in [9.17, 15) is 5.11 Å². The van der Waals surface area contributed by atoms with Crippen molar-refractivity contribution in [1.82, 2.24) is 4.98 Å². The molecule has 1 heterocycles. The van der Waals surface area contributed by atoms with Crippen LogP contribution in [0.4, 0.5) is 5.13 Å². The average molecular weight is 261 g/mol. The van der Waals surface area contributed by atoms with Gasteiger partial charge in [-0.2, -0.15) is 0 Å². The van der Waals surface area contributed by atoms with E-state index in [2.05, 4.69) is 17.2 Å². The van der Waals surface area contributed by atoms with Crippen molar-refractivity contribution >= 4 is 28.1 Å². The molecule has 1 fully saturated rings. The first-order valence-corrected chi connectivity index (χ1v) is 6.90. The summed E-state index contributed by atoms with van der Waals surface area (Å²) in [6.07, 6.45) is 3.97. The summed E-state index contributed by atoms with van der Waals surface area (Å²) in [7, 11) is 0. The first-order chi connectivity index (χ1) is 7.57. The molecule has 1 aromatic heterocycles. The zero-order valence-corrected chi connectivity index (χ0v) is 10.9. The average Bonchev–Trinajstić information content (AvgIpc) is 2.67. The summed E-state index contributed by atoms with van der Waals surface area (Å²) >= 11 is 7.20. The Labute approximate surface area is 105 Å². The standard InChI is InChI=1S/C11H17ClN2OS/c1-8-2-4-11(15,5-3-8)7-13-10-14-9(12)6-16-10/h6,8,15H,2-5,7H2,1H3,(H,13,14). The van der Waals surface area contributed by atoms with Crippen molar-refractivity contribution in [3.05, 3.63) is 10.5 Å². The van der Waals surface area contributed by atoms with Gasteiger partial charge in [0.15, 0.2) is 5.13 Å². The minimum absolute atomic E-state index is 0.511. The normalized spacial score (nSPS) is 30.3. The van der Waals surface area contributed by atoms with Crippen molar-refractivity contribution in [2.75, 3.05) is 11.9 Å². The quantitative estimate of drug-likeness (QED) is 0.878. The summed E-state index contributed by atoms with van der Waals surface area (Å²) in [6.45, 7) is 2.82. The molecule has 0 amide bonds. The summed E-state index contributed by atoms with van der Waals surface area (Å²) in [5.41, 5.74) is -0.565. The Morgan fingerprint density at radius 2 is 2.31 bits per heavy atom. The molecule has 1 aliphatic carbocycles. The molecule has 0 aliphatic heterocycles. The number of thiazole rings is 1. The number of rotatable bonds is 3. The predicted molar refractivity (Wildman–Crippen MR) is 68.2 cm³/mol. The molecule has 1 saturated carbocycles. The minimum Gasteiger partial charge on any atom is -0.388 e. The fourth-order valence-electron chi connectivity index (χ4n) is 2.05. The van der Waals surface area contributed by atoms with Gasteiger partial charge < -0.3 is 10.4 Å². The smallest absolute Gasteiger partial charge is 0.184 e. The first kappa shape index (κ1) is 12.1. The number of halogens is 1. The lowest BCUT2D eigenvalue weighted by atomic mass is 9.79. The van der Waals surface area contributed by atoms with Crippen LogP contribution in [-0.2, 0) is 0 Å². The Hall–Kier alpha value is -0.320. The lowest BCUT2D eigenvalue weighted by molar-refractivity contribution is 0.00501. The van der Waals surface area contributed by atoms with Crippen LogP contribution in [-0.4, -0.2) is 22.2 Å². The van der Waals surface area contributed by atoms with Crippen molar-refractivity contribution < 1.29 is 5.11 Å². The third-order valence-electron chi connectivity index (χ3n) is 3.25. The Bertz CT molecular complexity index is 348. The lowest BCUT2D eigenvalue weighted by Crippen LogP contribution is -2.40. The molecule has 1 aliphatic rings. The van der Waals surface area contributed by atoms with Crippen molar-refractivity contribution in [3.8, 4) is 0 Å². The number of hydrogen-bond donors (Lipinski definition) is 2. The highest BCUT2D eigenvalue weighted by molar-refractivity contribution is 7.14. The van der Waals surface area contributed by atoms with Gasteiger partial charge in [0, 0.05) is 11.9 Å². The highest BCUT2D eigenvalue weighted by Gasteiger charge is 2.31. The van der Waals surface area contributed by atoms with Gasteiger partial charge in [-0.1, -0.05) is 18.5 Å². The number of aliphatic hydroxyl groups is 1. The van der Waals surface area contributed by atoms with Crippen LogP contribution in [0.3, 0.4) is 0 Å². The number of aromatic nitrogens is 1. The third-order valence-corrected chi connectivity index (χ3v) is 4.37. The fraction of sp³-hybridized carbons (Fsp3) is 0.727. The monoisotopic (exact) mass is 260 g/mol. The van der Waals surface area contributed by atoms with E-state index in [4.69, 9.17) is 11.6 Å². The van der Waals surface area contributed by atoms with E-state index < -0.39 is 5.60 Å². The van der Waals surface area contributed by atoms with E-state index in [1.54, 1.807) is 5.38 Å². The number of anilines is 1. The molecule has 2 rings (SSSR count). The van der Waals surface area contributed by atoms with Crippen LogP contribution >= 0.6 is 22.9 Å². The number of hydrogen-bond acceptors (Lipinski definition) is 4. The molecule has 1 aromatic rings. The second kappa shape index (κ2) is 4.90. The van der Waals surface area contributed by atoms with Gasteiger partial charge in [0.1, 0.15) is 5.15 Å². The topological polar surface area (TPSA) is 45.1 Å². The van der Waals surface area contributed by atoms with Gasteiger partial charge in [-0.25, -0.2) is 4.98 Å². The van der Waals surface area contributed by atoms with Crippen LogP contribution in [0.2, 0.25) is 5.15 Å². The molecule has 0 unspecified atom stereocenters. The van der Waals surface area contributed by atoms with Crippen molar-refractivity contribution in [2.24, 2.45) is 5.92 Å². The molecule has 5 heteroatoms. The SMILES string of the molecule is CC1CCC(O)(CNc2nc(Cl)cs2)CC1. The van der Waals surface area contributed by atoms with E-state index in [-0.39, 0.29) is 0 Å². The van der Waals surface area contributed by atoms with Crippen LogP contribution in [0.5, 0.6) is 0 Å². The lowest BCUT2D eigenvalue weighted by Gasteiger charge is -2.34. The van der Waals surface area contributed by atoms with Gasteiger partial charge in [-0.05, 0) is 31.6 Å². The van der Waals surface area contributed by atoms with Gasteiger partial charge >= 0.3 is 0 Å². The Morgan fingerprint density at radius 1 is 1.62 bits per heavy atom. The maximum absolute atomic E-state index is 10.3. The molecular weight excluding hydrogens is 244 g/mol. The van der Waals surface area contributed by atoms with E-state index in [1.165, 1.54) is 11.3 Å². The fourth-order valence-corrected chi connectivity index (χ4v) is 2.89. The molecule has 90 valence electrons. The zero-order chi connectivity index (χ0) is 11.6. The van der Waals surface area contributed by atoms with E-state index >= 15 is 0 Å². The van der Waals surface area contributed by atoms with Gasteiger partial charge in [-0.15, -0.1) is 11.3 Å². The van der Waals surface area contributed by atoms with Crippen molar-refractivity contribution in [2.45, 2.75) is 38.2 Å². The van der Waals surface area contributed by atoms with Crippen LogP contribution < -0.4 is 5.32 Å². The molecule has 0 spiro atoms. The summed E-state index contributed by atoms with van der Waals surface area (Å²) in [6, 6.07) is 0. The summed E-state index contributed by atoms with van der Waals surface area (Å²) in [4.78, 5) is 4.10. The molecule has 0 radical (unpaired) electrons. The second-order valence-electron chi connectivity index (χ2n) is 4.74. The highest BCUT2D eigenvalue weighted by Crippen LogP contribution is 2.32. The predicted octanol–water partition coefficient (Wildman–Crippen LogP) is 3.15. The van der Waals surface area contributed by atoms with E-state index in [0.717, 1.165) is 36.7 Å². The van der Waals surface area contributed by atoms with Crippen LogP contribution in [0.1, 0.15) is 32.6 Å². The molecular formula is C11H17ClN2OS. The molecule has 0 saturated heterocycles. The number of nitrogens with one attached hydrogen (secondary N) is 1. The Balaban J connectivity index is 1.85. The van der Waals surface area contributed by atoms with Gasteiger partial charge in [0.05, 0.1) is 5.60 Å². The number of nitrogens with zero attached hydrogens (tertiary/aromatic N) is 1. The highest BCUT2D eigenvalue weighted by atomic mass is 35.5. The molecule has 3 nitrogen and oxygen atoms in total. The van der Waals surface area contributed by atoms with Crippen LogP contribution in [0, 0.1) is 5.92 Å². The molecule has 2 N–H and O–H groups in total. The zero-order valence-electron chi connectivity index (χ0n) is 9.37. The summed E-state index contributed by atoms with van der Waals surface area (Å²) in [5.74, 6) is 0.745. The maximum atomic E-state index is 10.3. The van der Waals surface area contributed by atoms with Crippen molar-refractivity contribution in [3.63, 3.8) is 0 Å². The van der Waals surface area contributed by atoms with Gasteiger partial charge in [0.2, 0.25) is 0 Å². The van der Waals surface area contributed by atoms with E-state index in [1.807, 2.05) is 0 Å². The van der Waals surface area contributed by atoms with Crippen LogP contribution in [0.25, 0.3) is 0 Å².